The molecule has 174 valence electrons. The summed E-state index contributed by atoms with van der Waals surface area (Å²) in [5, 5.41) is 1.73. The first-order valence-corrected chi connectivity index (χ1v) is 13.6. The molecule has 1 atom stereocenters. The highest BCUT2D eigenvalue weighted by atomic mass is 35.5. The van der Waals surface area contributed by atoms with Crippen LogP contribution in [0.15, 0.2) is 65.1 Å². The number of ether oxygens (including phenoxy) is 1. The highest BCUT2D eigenvalue weighted by Gasteiger charge is 2.26. The van der Waals surface area contributed by atoms with Gasteiger partial charge in [-0.2, -0.15) is 0 Å². The van der Waals surface area contributed by atoms with Crippen LogP contribution in [-0.2, 0) is 11.3 Å². The molecule has 1 aliphatic heterocycles. The van der Waals surface area contributed by atoms with Gasteiger partial charge in [-0.15, -0.1) is 23.1 Å². The minimum Gasteiger partial charge on any atom is -0.376 e. The molecule has 2 aromatic heterocycles. The normalized spacial score (nSPS) is 15.6. The number of benzene rings is 2. The third-order valence-electron chi connectivity index (χ3n) is 5.96. The fraction of sp³-hybridized carbons (Fsp3) is 0.269. The SMILES string of the molecule is CSc1ccc2cc(CN(C[C@H]3CCCO3)C(=O)c3cncs3)c(-c3ccc(Cl)cc3)nc2c1. The Kier molecular flexibility index (Phi) is 7.15. The number of thiazole rings is 1. The molecule has 5 nitrogen and oxygen atoms in total. The Hall–Kier alpha value is -2.45. The highest BCUT2D eigenvalue weighted by molar-refractivity contribution is 7.98. The average Bonchev–Trinajstić information content (AvgIpc) is 3.58. The lowest BCUT2D eigenvalue weighted by Crippen LogP contribution is -2.36. The number of pyridine rings is 1. The first kappa shape index (κ1) is 23.3. The molecule has 5 rings (SSSR count). The maximum absolute atomic E-state index is 13.4. The van der Waals surface area contributed by atoms with Crippen LogP contribution in [0.3, 0.4) is 0 Å². The summed E-state index contributed by atoms with van der Waals surface area (Å²) in [5.41, 5.74) is 5.44. The van der Waals surface area contributed by atoms with E-state index in [1.165, 1.54) is 11.3 Å². The Morgan fingerprint density at radius 1 is 1.24 bits per heavy atom. The average molecular weight is 510 g/mol. The van der Waals surface area contributed by atoms with E-state index in [9.17, 15) is 4.79 Å². The van der Waals surface area contributed by atoms with Crippen molar-refractivity contribution in [3.8, 4) is 11.3 Å². The van der Waals surface area contributed by atoms with E-state index in [1.54, 1.807) is 23.5 Å². The fourth-order valence-electron chi connectivity index (χ4n) is 4.23. The van der Waals surface area contributed by atoms with Crippen LogP contribution in [-0.4, -0.2) is 46.3 Å². The standard InChI is InChI=1S/C26H24ClN3O2S2/c1-33-22-9-6-18-11-19(25(29-23(18)12-22)17-4-7-20(27)8-5-17)14-30(15-21-3-2-10-32-21)26(31)24-13-28-16-34-24/h4-9,11-13,16,21H,2-3,10,14-15H2,1H3/t21-/m1/s1. The van der Waals surface area contributed by atoms with E-state index in [1.807, 2.05) is 29.2 Å². The van der Waals surface area contributed by atoms with Crippen molar-refractivity contribution in [1.82, 2.24) is 14.9 Å². The molecular weight excluding hydrogens is 486 g/mol. The van der Waals surface area contributed by atoms with Gasteiger partial charge in [-0.25, -0.2) is 4.98 Å². The predicted molar refractivity (Wildman–Crippen MR) is 140 cm³/mol. The lowest BCUT2D eigenvalue weighted by atomic mass is 10.0. The van der Waals surface area contributed by atoms with E-state index >= 15 is 0 Å². The van der Waals surface area contributed by atoms with Crippen LogP contribution in [0, 0.1) is 0 Å². The van der Waals surface area contributed by atoms with Gasteiger partial charge in [0.25, 0.3) is 5.91 Å². The second-order valence-corrected chi connectivity index (χ2v) is 10.5. The fourth-order valence-corrected chi connectivity index (χ4v) is 5.38. The predicted octanol–water partition coefficient (Wildman–Crippen LogP) is 6.56. The van der Waals surface area contributed by atoms with E-state index < -0.39 is 0 Å². The molecular formula is C26H24ClN3O2S2. The summed E-state index contributed by atoms with van der Waals surface area (Å²) in [6.07, 6.45) is 5.73. The topological polar surface area (TPSA) is 55.3 Å². The third-order valence-corrected chi connectivity index (χ3v) is 7.70. The minimum absolute atomic E-state index is 0.0297. The highest BCUT2D eigenvalue weighted by Crippen LogP contribution is 2.30. The monoisotopic (exact) mass is 509 g/mol. The maximum atomic E-state index is 13.4. The Morgan fingerprint density at radius 3 is 2.79 bits per heavy atom. The van der Waals surface area contributed by atoms with E-state index in [-0.39, 0.29) is 12.0 Å². The molecule has 0 unspecified atom stereocenters. The van der Waals surface area contributed by atoms with Crippen molar-refractivity contribution < 1.29 is 9.53 Å². The van der Waals surface area contributed by atoms with Crippen LogP contribution < -0.4 is 0 Å². The van der Waals surface area contributed by atoms with Crippen molar-refractivity contribution >= 4 is 51.5 Å². The molecule has 3 heterocycles. The zero-order chi connectivity index (χ0) is 23.5. The van der Waals surface area contributed by atoms with E-state index in [2.05, 4.69) is 35.5 Å². The summed E-state index contributed by atoms with van der Waals surface area (Å²) in [6.45, 7) is 1.72. The molecule has 0 aliphatic carbocycles. The number of halogens is 1. The number of fused-ring (bicyclic) bond motifs is 1. The third kappa shape index (κ3) is 5.13. The van der Waals surface area contributed by atoms with E-state index in [4.69, 9.17) is 21.3 Å². The van der Waals surface area contributed by atoms with E-state index in [0.29, 0.717) is 23.0 Å². The van der Waals surface area contributed by atoms with Crippen LogP contribution in [0.1, 0.15) is 28.1 Å². The lowest BCUT2D eigenvalue weighted by molar-refractivity contribution is 0.0511. The van der Waals surface area contributed by atoms with Gasteiger partial charge in [0.2, 0.25) is 0 Å². The molecule has 2 aromatic carbocycles. The molecule has 1 aliphatic rings. The smallest absolute Gasteiger partial charge is 0.265 e. The van der Waals surface area contributed by atoms with Crippen LogP contribution in [0.4, 0.5) is 0 Å². The van der Waals surface area contributed by atoms with Crippen LogP contribution in [0.5, 0.6) is 0 Å². The summed E-state index contributed by atoms with van der Waals surface area (Å²) in [6, 6.07) is 16.2. The molecule has 0 saturated carbocycles. The Labute approximate surface area is 212 Å². The first-order valence-electron chi connectivity index (χ1n) is 11.1. The first-order chi connectivity index (χ1) is 16.6. The van der Waals surface area contributed by atoms with Gasteiger partial charge in [-0.05, 0) is 55.0 Å². The molecule has 0 spiro atoms. The molecule has 1 fully saturated rings. The van der Waals surface area contributed by atoms with Crippen molar-refractivity contribution in [2.75, 3.05) is 19.4 Å². The largest absolute Gasteiger partial charge is 0.376 e. The van der Waals surface area contributed by atoms with Crippen LogP contribution in [0.25, 0.3) is 22.2 Å². The second-order valence-electron chi connectivity index (χ2n) is 8.25. The summed E-state index contributed by atoms with van der Waals surface area (Å²) >= 11 is 9.21. The quantitative estimate of drug-likeness (QED) is 0.264. The minimum atomic E-state index is -0.0297. The van der Waals surface area contributed by atoms with Gasteiger partial charge in [-0.3, -0.25) is 9.78 Å². The Bertz CT molecular complexity index is 1290. The number of rotatable bonds is 7. The number of amides is 1. The maximum Gasteiger partial charge on any atom is 0.265 e. The summed E-state index contributed by atoms with van der Waals surface area (Å²) in [5.74, 6) is -0.0297. The van der Waals surface area contributed by atoms with Crippen molar-refractivity contribution in [2.45, 2.75) is 30.4 Å². The number of carbonyl (C=O) groups is 1. The Balaban J connectivity index is 1.58. The van der Waals surface area contributed by atoms with Crippen molar-refractivity contribution in [1.29, 1.82) is 0 Å². The van der Waals surface area contributed by atoms with Crippen molar-refractivity contribution in [3.63, 3.8) is 0 Å². The number of nitrogens with zero attached hydrogens (tertiary/aromatic N) is 3. The van der Waals surface area contributed by atoms with Gasteiger partial charge in [0.15, 0.2) is 0 Å². The second kappa shape index (κ2) is 10.4. The zero-order valence-electron chi connectivity index (χ0n) is 18.7. The van der Waals surface area contributed by atoms with Gasteiger partial charge < -0.3 is 9.64 Å². The molecule has 0 N–H and O–H groups in total. The molecule has 4 aromatic rings. The summed E-state index contributed by atoms with van der Waals surface area (Å²) < 4.78 is 5.87. The van der Waals surface area contributed by atoms with Gasteiger partial charge in [0.05, 0.1) is 29.0 Å². The molecule has 0 bridgehead atoms. The number of carbonyl (C=O) groups excluding carboxylic acids is 1. The van der Waals surface area contributed by atoms with Gasteiger partial charge >= 0.3 is 0 Å². The van der Waals surface area contributed by atoms with Crippen molar-refractivity contribution in [2.24, 2.45) is 0 Å². The molecule has 0 radical (unpaired) electrons. The summed E-state index contributed by atoms with van der Waals surface area (Å²) in [7, 11) is 0. The number of hydrogen-bond acceptors (Lipinski definition) is 6. The lowest BCUT2D eigenvalue weighted by Gasteiger charge is -2.26. The van der Waals surface area contributed by atoms with Gasteiger partial charge in [0.1, 0.15) is 4.88 Å². The number of hydrogen-bond donors (Lipinski definition) is 0. The summed E-state index contributed by atoms with van der Waals surface area (Å²) in [4.78, 5) is 26.3. The molecule has 1 amide bonds. The zero-order valence-corrected chi connectivity index (χ0v) is 21.1. The molecule has 8 heteroatoms. The number of aromatic nitrogens is 2. The Morgan fingerprint density at radius 2 is 2.09 bits per heavy atom. The van der Waals surface area contributed by atoms with Crippen molar-refractivity contribution in [3.05, 3.63) is 75.7 Å². The van der Waals surface area contributed by atoms with Crippen LogP contribution in [0.2, 0.25) is 5.02 Å². The van der Waals surface area contributed by atoms with Gasteiger partial charge in [-0.1, -0.05) is 29.8 Å². The van der Waals surface area contributed by atoms with E-state index in [0.717, 1.165) is 52.1 Å². The van der Waals surface area contributed by atoms with Crippen LogP contribution >= 0.6 is 34.7 Å². The number of thioether (sulfide) groups is 1. The van der Waals surface area contributed by atoms with Gasteiger partial charge in [0, 0.05) is 40.6 Å². The molecule has 1 saturated heterocycles. The molecule has 34 heavy (non-hydrogen) atoms.